The van der Waals surface area contributed by atoms with Gasteiger partial charge in [-0.1, -0.05) is 0 Å². The molecule has 0 spiro atoms. The maximum absolute atomic E-state index is 5.80. The second-order valence-corrected chi connectivity index (χ2v) is 8.34. The number of nitrogens with two attached hydrogens (primary N) is 1. The van der Waals surface area contributed by atoms with Gasteiger partial charge >= 0.3 is 0 Å². The SMILES string of the molecule is CC(C)n1ccc2ccc(-c3cn([C@H]4C[C@H](CN)C4)nc3C3CC3)nc21. The average Bonchev–Trinajstić information content (AvgIpc) is 3.20. The van der Waals surface area contributed by atoms with Gasteiger partial charge in [0.1, 0.15) is 5.65 Å². The fourth-order valence-corrected chi connectivity index (χ4v) is 4.15. The Morgan fingerprint density at radius 2 is 2.00 bits per heavy atom. The topological polar surface area (TPSA) is 61.7 Å². The molecule has 136 valence electrons. The van der Waals surface area contributed by atoms with Crippen LogP contribution in [-0.4, -0.2) is 25.9 Å². The van der Waals surface area contributed by atoms with Crippen molar-refractivity contribution in [2.75, 3.05) is 6.54 Å². The highest BCUT2D eigenvalue weighted by Gasteiger charge is 2.34. The smallest absolute Gasteiger partial charge is 0.140 e. The molecular formula is C21H27N5. The molecule has 26 heavy (non-hydrogen) atoms. The van der Waals surface area contributed by atoms with E-state index in [2.05, 4.69) is 53.7 Å². The molecule has 3 aromatic rings. The Balaban J connectivity index is 1.55. The predicted molar refractivity (Wildman–Crippen MR) is 104 cm³/mol. The first-order valence-electron chi connectivity index (χ1n) is 9.91. The van der Waals surface area contributed by atoms with Gasteiger partial charge in [0.25, 0.3) is 0 Å². The number of fused-ring (bicyclic) bond motifs is 1. The summed E-state index contributed by atoms with van der Waals surface area (Å²) in [6, 6.07) is 7.42. The summed E-state index contributed by atoms with van der Waals surface area (Å²) in [4.78, 5) is 5.03. The molecule has 2 saturated carbocycles. The lowest BCUT2D eigenvalue weighted by molar-refractivity contribution is 0.189. The molecule has 0 radical (unpaired) electrons. The van der Waals surface area contributed by atoms with Crippen molar-refractivity contribution in [2.45, 2.75) is 57.5 Å². The molecule has 0 saturated heterocycles. The van der Waals surface area contributed by atoms with Crippen LogP contribution < -0.4 is 5.73 Å². The van der Waals surface area contributed by atoms with E-state index in [9.17, 15) is 0 Å². The molecule has 2 N–H and O–H groups in total. The maximum atomic E-state index is 5.80. The normalized spacial score (nSPS) is 22.9. The zero-order chi connectivity index (χ0) is 17.8. The summed E-state index contributed by atoms with van der Waals surface area (Å²) in [5, 5.41) is 6.20. The predicted octanol–water partition coefficient (Wildman–Crippen LogP) is 4.27. The first kappa shape index (κ1) is 16.1. The third-order valence-corrected chi connectivity index (χ3v) is 6.04. The minimum absolute atomic E-state index is 0.407. The molecule has 2 fully saturated rings. The monoisotopic (exact) mass is 349 g/mol. The van der Waals surface area contributed by atoms with E-state index in [1.54, 1.807) is 0 Å². The Hall–Kier alpha value is -2.14. The maximum Gasteiger partial charge on any atom is 0.140 e. The van der Waals surface area contributed by atoms with Crippen molar-refractivity contribution >= 4 is 11.0 Å². The Labute approximate surface area is 154 Å². The number of hydrogen-bond donors (Lipinski definition) is 1. The fraction of sp³-hybridized carbons (Fsp3) is 0.524. The van der Waals surface area contributed by atoms with Gasteiger partial charge in [-0.2, -0.15) is 5.10 Å². The van der Waals surface area contributed by atoms with Crippen molar-refractivity contribution in [1.29, 1.82) is 0 Å². The van der Waals surface area contributed by atoms with Crippen molar-refractivity contribution in [3.63, 3.8) is 0 Å². The van der Waals surface area contributed by atoms with Crippen molar-refractivity contribution in [1.82, 2.24) is 19.3 Å². The molecule has 2 aliphatic carbocycles. The lowest BCUT2D eigenvalue weighted by atomic mass is 9.80. The van der Waals surface area contributed by atoms with E-state index in [0.29, 0.717) is 23.9 Å². The van der Waals surface area contributed by atoms with E-state index in [1.807, 2.05) is 0 Å². The Bertz CT molecular complexity index is 941. The van der Waals surface area contributed by atoms with Gasteiger partial charge in [0.15, 0.2) is 0 Å². The number of pyridine rings is 1. The van der Waals surface area contributed by atoms with Crippen LogP contribution in [-0.2, 0) is 0 Å². The number of nitrogens with zero attached hydrogens (tertiary/aromatic N) is 4. The molecular weight excluding hydrogens is 322 g/mol. The minimum Gasteiger partial charge on any atom is -0.330 e. The van der Waals surface area contributed by atoms with Gasteiger partial charge < -0.3 is 10.3 Å². The zero-order valence-corrected chi connectivity index (χ0v) is 15.6. The van der Waals surface area contributed by atoms with E-state index < -0.39 is 0 Å². The average molecular weight is 349 g/mol. The van der Waals surface area contributed by atoms with Crippen molar-refractivity contribution in [3.05, 3.63) is 36.3 Å². The quantitative estimate of drug-likeness (QED) is 0.748. The van der Waals surface area contributed by atoms with Crippen LogP contribution in [0, 0.1) is 5.92 Å². The van der Waals surface area contributed by atoms with E-state index in [-0.39, 0.29) is 0 Å². The van der Waals surface area contributed by atoms with Gasteiger partial charge in [0.2, 0.25) is 0 Å². The van der Waals surface area contributed by atoms with Crippen LogP contribution in [0.1, 0.15) is 63.2 Å². The third kappa shape index (κ3) is 2.57. The molecule has 5 heteroatoms. The Morgan fingerprint density at radius 3 is 2.69 bits per heavy atom. The van der Waals surface area contributed by atoms with Crippen molar-refractivity contribution in [2.24, 2.45) is 11.7 Å². The Morgan fingerprint density at radius 1 is 1.19 bits per heavy atom. The van der Waals surface area contributed by atoms with E-state index in [0.717, 1.165) is 30.7 Å². The molecule has 0 aliphatic heterocycles. The van der Waals surface area contributed by atoms with Crippen LogP contribution in [0.25, 0.3) is 22.3 Å². The molecule has 0 amide bonds. The van der Waals surface area contributed by atoms with Gasteiger partial charge in [0, 0.05) is 35.3 Å². The number of aromatic nitrogens is 4. The van der Waals surface area contributed by atoms with Crippen LogP contribution in [0.2, 0.25) is 0 Å². The summed E-state index contributed by atoms with van der Waals surface area (Å²) < 4.78 is 4.44. The van der Waals surface area contributed by atoms with Gasteiger partial charge in [-0.05, 0) is 70.2 Å². The van der Waals surface area contributed by atoms with Gasteiger partial charge in [-0.25, -0.2) is 4.98 Å². The molecule has 3 aromatic heterocycles. The van der Waals surface area contributed by atoms with Gasteiger partial charge in [0.05, 0.1) is 17.4 Å². The molecule has 2 aliphatic rings. The highest BCUT2D eigenvalue weighted by molar-refractivity contribution is 5.80. The first-order chi connectivity index (χ1) is 12.6. The van der Waals surface area contributed by atoms with Crippen LogP contribution in [0.3, 0.4) is 0 Å². The summed E-state index contributed by atoms with van der Waals surface area (Å²) in [6.07, 6.45) is 9.20. The van der Waals surface area contributed by atoms with Gasteiger partial charge in [-0.15, -0.1) is 0 Å². The van der Waals surface area contributed by atoms with Crippen molar-refractivity contribution < 1.29 is 0 Å². The molecule has 3 heterocycles. The summed E-state index contributed by atoms with van der Waals surface area (Å²) in [5.74, 6) is 1.28. The second kappa shape index (κ2) is 5.95. The fourth-order valence-electron chi connectivity index (χ4n) is 4.15. The van der Waals surface area contributed by atoms with E-state index in [1.165, 1.54) is 29.5 Å². The molecule has 0 aromatic carbocycles. The molecule has 5 nitrogen and oxygen atoms in total. The van der Waals surface area contributed by atoms with Crippen molar-refractivity contribution in [3.8, 4) is 11.3 Å². The highest BCUT2D eigenvalue weighted by atomic mass is 15.3. The standard InChI is InChI=1S/C21H27N5/c1-13(2)25-8-7-16-5-6-19(23-21(16)25)18-12-26(17-9-14(10-17)11-22)24-20(18)15-3-4-15/h5-8,12-15,17H,3-4,9-11,22H2,1-2H3/t14-,17-. The van der Waals surface area contributed by atoms with Crippen LogP contribution >= 0.6 is 0 Å². The van der Waals surface area contributed by atoms with E-state index in [4.69, 9.17) is 15.8 Å². The zero-order valence-electron chi connectivity index (χ0n) is 15.6. The van der Waals surface area contributed by atoms with Crippen LogP contribution in [0.15, 0.2) is 30.6 Å². The molecule has 5 rings (SSSR count). The number of rotatable bonds is 5. The lowest BCUT2D eigenvalue weighted by Gasteiger charge is -2.34. The van der Waals surface area contributed by atoms with Crippen LogP contribution in [0.5, 0.6) is 0 Å². The lowest BCUT2D eigenvalue weighted by Crippen LogP contribution is -2.32. The minimum atomic E-state index is 0.407. The summed E-state index contributed by atoms with van der Waals surface area (Å²) in [5.41, 5.74) is 10.4. The first-order valence-corrected chi connectivity index (χ1v) is 9.91. The highest BCUT2D eigenvalue weighted by Crippen LogP contribution is 2.45. The largest absolute Gasteiger partial charge is 0.330 e. The third-order valence-electron chi connectivity index (χ3n) is 6.04. The number of hydrogen-bond acceptors (Lipinski definition) is 3. The van der Waals surface area contributed by atoms with E-state index >= 15 is 0 Å². The Kier molecular flexibility index (Phi) is 3.67. The second-order valence-electron chi connectivity index (χ2n) is 8.34. The van der Waals surface area contributed by atoms with Gasteiger partial charge in [-0.3, -0.25) is 4.68 Å². The van der Waals surface area contributed by atoms with Crippen LogP contribution in [0.4, 0.5) is 0 Å². The summed E-state index contributed by atoms with van der Waals surface area (Å²) >= 11 is 0. The molecule has 0 unspecified atom stereocenters. The molecule has 0 atom stereocenters. The summed E-state index contributed by atoms with van der Waals surface area (Å²) in [7, 11) is 0. The molecule has 0 bridgehead atoms. The summed E-state index contributed by atoms with van der Waals surface area (Å²) in [6.45, 7) is 5.20.